The number of halogens is 1. The highest BCUT2D eigenvalue weighted by atomic mass is 35.5. The molecule has 15 heavy (non-hydrogen) atoms. The summed E-state index contributed by atoms with van der Waals surface area (Å²) in [5.41, 5.74) is 0.486. The molecule has 0 heterocycles. The van der Waals surface area contributed by atoms with Gasteiger partial charge in [0.2, 0.25) is 0 Å². The lowest BCUT2D eigenvalue weighted by molar-refractivity contribution is 0.0751. The van der Waals surface area contributed by atoms with E-state index in [-0.39, 0.29) is 0 Å². The third-order valence-corrected chi connectivity index (χ3v) is 3.08. The Balaban J connectivity index is 2.10. The summed E-state index contributed by atoms with van der Waals surface area (Å²) in [5, 5.41) is 11.0. The standard InChI is InChI=1S/C13H15ClO/c14-12-6-4-11(5-7-12)10-13(15)8-2-1-3-9-13/h2,4-8,15H,1,3,9-10H2. The molecular weight excluding hydrogens is 208 g/mol. The fraction of sp³-hybridized carbons (Fsp3) is 0.385. The van der Waals surface area contributed by atoms with Crippen molar-refractivity contribution in [2.75, 3.05) is 0 Å². The fourth-order valence-electron chi connectivity index (χ4n) is 2.02. The second-order valence-electron chi connectivity index (χ2n) is 4.20. The van der Waals surface area contributed by atoms with Gasteiger partial charge in [-0.1, -0.05) is 35.9 Å². The van der Waals surface area contributed by atoms with Gasteiger partial charge >= 0.3 is 0 Å². The fourth-order valence-corrected chi connectivity index (χ4v) is 2.14. The van der Waals surface area contributed by atoms with Crippen LogP contribution in [0.25, 0.3) is 0 Å². The normalized spacial score (nSPS) is 25.5. The molecule has 0 saturated carbocycles. The molecule has 2 rings (SSSR count). The first-order valence-electron chi connectivity index (χ1n) is 5.32. The van der Waals surface area contributed by atoms with Gasteiger partial charge in [-0.3, -0.25) is 0 Å². The van der Waals surface area contributed by atoms with Crippen LogP contribution in [0.4, 0.5) is 0 Å². The van der Waals surface area contributed by atoms with Crippen LogP contribution in [0, 0.1) is 0 Å². The maximum Gasteiger partial charge on any atom is 0.0867 e. The van der Waals surface area contributed by atoms with E-state index in [2.05, 4.69) is 6.08 Å². The lowest BCUT2D eigenvalue weighted by Crippen LogP contribution is -2.30. The monoisotopic (exact) mass is 222 g/mol. The van der Waals surface area contributed by atoms with Crippen molar-refractivity contribution in [1.82, 2.24) is 0 Å². The van der Waals surface area contributed by atoms with Crippen molar-refractivity contribution in [3.63, 3.8) is 0 Å². The Morgan fingerprint density at radius 2 is 2.00 bits per heavy atom. The molecule has 0 bridgehead atoms. The molecule has 1 nitrogen and oxygen atoms in total. The van der Waals surface area contributed by atoms with Crippen molar-refractivity contribution in [3.05, 3.63) is 47.0 Å². The van der Waals surface area contributed by atoms with Gasteiger partial charge in [-0.15, -0.1) is 0 Å². The van der Waals surface area contributed by atoms with Crippen molar-refractivity contribution < 1.29 is 5.11 Å². The smallest absolute Gasteiger partial charge is 0.0867 e. The molecule has 1 aliphatic rings. The van der Waals surface area contributed by atoms with E-state index < -0.39 is 5.60 Å². The molecule has 1 unspecified atom stereocenters. The maximum atomic E-state index is 10.3. The number of rotatable bonds is 2. The predicted octanol–water partition coefficient (Wildman–Crippen LogP) is 3.35. The van der Waals surface area contributed by atoms with E-state index in [4.69, 9.17) is 11.6 Å². The van der Waals surface area contributed by atoms with Crippen LogP contribution in [0.1, 0.15) is 24.8 Å². The molecule has 0 amide bonds. The summed E-state index contributed by atoms with van der Waals surface area (Å²) in [7, 11) is 0. The van der Waals surface area contributed by atoms with Gasteiger partial charge in [0.1, 0.15) is 0 Å². The molecule has 2 heteroatoms. The predicted molar refractivity (Wildman–Crippen MR) is 63.1 cm³/mol. The average molecular weight is 223 g/mol. The van der Waals surface area contributed by atoms with Crippen LogP contribution in [0.5, 0.6) is 0 Å². The Labute approximate surface area is 95.4 Å². The summed E-state index contributed by atoms with van der Waals surface area (Å²) >= 11 is 5.81. The first-order chi connectivity index (χ1) is 7.18. The van der Waals surface area contributed by atoms with E-state index >= 15 is 0 Å². The molecule has 0 radical (unpaired) electrons. The molecule has 1 atom stereocenters. The van der Waals surface area contributed by atoms with E-state index in [1.807, 2.05) is 30.3 Å². The number of allylic oxidation sites excluding steroid dienone is 1. The number of hydrogen-bond donors (Lipinski definition) is 1. The molecule has 1 aromatic carbocycles. The number of benzene rings is 1. The third kappa shape index (κ3) is 2.83. The summed E-state index contributed by atoms with van der Waals surface area (Å²) in [6.07, 6.45) is 7.70. The summed E-state index contributed by atoms with van der Waals surface area (Å²) in [5.74, 6) is 0. The van der Waals surface area contributed by atoms with Crippen LogP contribution < -0.4 is 0 Å². The van der Waals surface area contributed by atoms with Crippen molar-refractivity contribution in [2.45, 2.75) is 31.3 Å². The van der Waals surface area contributed by atoms with Crippen molar-refractivity contribution in [2.24, 2.45) is 0 Å². The van der Waals surface area contributed by atoms with Crippen LogP contribution in [-0.2, 0) is 6.42 Å². The second kappa shape index (κ2) is 4.38. The SMILES string of the molecule is OC1(Cc2ccc(Cl)cc2)C=CCCC1. The van der Waals surface area contributed by atoms with Gasteiger partial charge < -0.3 is 5.11 Å². The summed E-state index contributed by atoms with van der Waals surface area (Å²) in [6.45, 7) is 0. The Morgan fingerprint density at radius 1 is 1.27 bits per heavy atom. The zero-order valence-electron chi connectivity index (χ0n) is 8.62. The van der Waals surface area contributed by atoms with Crippen molar-refractivity contribution in [3.8, 4) is 0 Å². The van der Waals surface area contributed by atoms with Gasteiger partial charge in [0.05, 0.1) is 5.60 Å². The first-order valence-corrected chi connectivity index (χ1v) is 5.70. The molecule has 0 aromatic heterocycles. The van der Waals surface area contributed by atoms with E-state index in [9.17, 15) is 5.11 Å². The highest BCUT2D eigenvalue weighted by Crippen LogP contribution is 2.26. The van der Waals surface area contributed by atoms with E-state index in [1.54, 1.807) is 0 Å². The van der Waals surface area contributed by atoms with Gasteiger partial charge in [0.25, 0.3) is 0 Å². The zero-order valence-corrected chi connectivity index (χ0v) is 9.37. The maximum absolute atomic E-state index is 10.3. The molecule has 1 aliphatic carbocycles. The second-order valence-corrected chi connectivity index (χ2v) is 4.64. The van der Waals surface area contributed by atoms with Crippen molar-refractivity contribution in [1.29, 1.82) is 0 Å². The van der Waals surface area contributed by atoms with E-state index in [0.29, 0.717) is 6.42 Å². The molecule has 80 valence electrons. The van der Waals surface area contributed by atoms with Gasteiger partial charge in [-0.25, -0.2) is 0 Å². The Hall–Kier alpha value is -0.790. The minimum absolute atomic E-state index is 0.647. The summed E-state index contributed by atoms with van der Waals surface area (Å²) in [6, 6.07) is 7.69. The van der Waals surface area contributed by atoms with Gasteiger partial charge in [-0.05, 0) is 37.0 Å². The Bertz CT molecular complexity index is 355. The highest BCUT2D eigenvalue weighted by Gasteiger charge is 2.25. The van der Waals surface area contributed by atoms with Gasteiger partial charge in [-0.2, -0.15) is 0 Å². The molecule has 0 spiro atoms. The quantitative estimate of drug-likeness (QED) is 0.761. The van der Waals surface area contributed by atoms with Crippen LogP contribution >= 0.6 is 11.6 Å². The lowest BCUT2D eigenvalue weighted by Gasteiger charge is -2.27. The molecule has 0 fully saturated rings. The largest absolute Gasteiger partial charge is 0.385 e. The third-order valence-electron chi connectivity index (χ3n) is 2.83. The lowest BCUT2D eigenvalue weighted by atomic mass is 9.85. The summed E-state index contributed by atoms with van der Waals surface area (Å²) in [4.78, 5) is 0. The van der Waals surface area contributed by atoms with Gasteiger partial charge in [0.15, 0.2) is 0 Å². The van der Waals surface area contributed by atoms with E-state index in [0.717, 1.165) is 29.8 Å². The number of aliphatic hydroxyl groups is 1. The Morgan fingerprint density at radius 3 is 2.60 bits per heavy atom. The van der Waals surface area contributed by atoms with Crippen LogP contribution in [-0.4, -0.2) is 10.7 Å². The summed E-state index contributed by atoms with van der Waals surface area (Å²) < 4.78 is 0. The first kappa shape index (κ1) is 10.7. The molecular formula is C13H15ClO. The highest BCUT2D eigenvalue weighted by molar-refractivity contribution is 6.30. The van der Waals surface area contributed by atoms with Crippen molar-refractivity contribution >= 4 is 11.6 Å². The molecule has 0 saturated heterocycles. The Kier molecular flexibility index (Phi) is 3.13. The van der Waals surface area contributed by atoms with E-state index in [1.165, 1.54) is 0 Å². The zero-order chi connectivity index (χ0) is 10.7. The minimum Gasteiger partial charge on any atom is -0.385 e. The van der Waals surface area contributed by atoms with Gasteiger partial charge in [0, 0.05) is 11.4 Å². The molecule has 1 aromatic rings. The van der Waals surface area contributed by atoms with Crippen LogP contribution in [0.3, 0.4) is 0 Å². The molecule has 1 N–H and O–H groups in total. The number of hydrogen-bond acceptors (Lipinski definition) is 1. The molecule has 0 aliphatic heterocycles. The average Bonchev–Trinajstić information content (AvgIpc) is 2.22. The van der Waals surface area contributed by atoms with Crippen LogP contribution in [0.15, 0.2) is 36.4 Å². The topological polar surface area (TPSA) is 20.2 Å². The minimum atomic E-state index is -0.647. The van der Waals surface area contributed by atoms with Crippen LogP contribution in [0.2, 0.25) is 5.02 Å².